The van der Waals surface area contributed by atoms with Gasteiger partial charge in [0.05, 0.1) is 0 Å². The largest absolute Gasteiger partial charge is 0.340 e. The SMILES string of the molecule is CC1(C)CN(C(=O)CC2CC3CCC(C2)N3)CCS1. The molecule has 1 amide bonds. The van der Waals surface area contributed by atoms with Crippen LogP contribution in [0.15, 0.2) is 0 Å². The molecule has 108 valence electrons. The quantitative estimate of drug-likeness (QED) is 0.843. The van der Waals surface area contributed by atoms with Gasteiger partial charge in [0.1, 0.15) is 0 Å². The van der Waals surface area contributed by atoms with Crippen LogP contribution in [0.2, 0.25) is 0 Å². The highest BCUT2D eigenvalue weighted by Gasteiger charge is 2.36. The second-order valence-electron chi connectivity index (χ2n) is 7.10. The van der Waals surface area contributed by atoms with Gasteiger partial charge in [0, 0.05) is 42.1 Å². The summed E-state index contributed by atoms with van der Waals surface area (Å²) in [4.78, 5) is 14.6. The summed E-state index contributed by atoms with van der Waals surface area (Å²) in [6.45, 7) is 6.38. The average molecular weight is 282 g/mol. The summed E-state index contributed by atoms with van der Waals surface area (Å²) in [5.41, 5.74) is 0. The van der Waals surface area contributed by atoms with E-state index < -0.39 is 0 Å². The highest BCUT2D eigenvalue weighted by atomic mass is 32.2. The Morgan fingerprint density at radius 1 is 1.32 bits per heavy atom. The monoisotopic (exact) mass is 282 g/mol. The first kappa shape index (κ1) is 13.7. The Hall–Kier alpha value is -0.220. The molecule has 0 spiro atoms. The molecule has 0 saturated carbocycles. The maximum absolute atomic E-state index is 12.5. The molecule has 19 heavy (non-hydrogen) atoms. The van der Waals surface area contributed by atoms with Crippen molar-refractivity contribution in [1.29, 1.82) is 0 Å². The molecule has 3 rings (SSSR count). The van der Waals surface area contributed by atoms with Crippen LogP contribution >= 0.6 is 11.8 Å². The van der Waals surface area contributed by atoms with Crippen molar-refractivity contribution in [3.8, 4) is 0 Å². The summed E-state index contributed by atoms with van der Waals surface area (Å²) in [5.74, 6) is 2.12. The number of hydrogen-bond acceptors (Lipinski definition) is 3. The van der Waals surface area contributed by atoms with Gasteiger partial charge in [0.15, 0.2) is 0 Å². The molecular formula is C15H26N2OS. The summed E-state index contributed by atoms with van der Waals surface area (Å²) < 4.78 is 0.237. The molecule has 3 heterocycles. The van der Waals surface area contributed by atoms with E-state index in [0.717, 1.165) is 25.3 Å². The molecule has 3 saturated heterocycles. The van der Waals surface area contributed by atoms with E-state index in [0.29, 0.717) is 23.9 Å². The Bertz CT molecular complexity index is 346. The number of nitrogens with one attached hydrogen (secondary N) is 1. The molecule has 0 aromatic carbocycles. The Labute approximate surface area is 120 Å². The van der Waals surface area contributed by atoms with Gasteiger partial charge in [0.25, 0.3) is 0 Å². The first-order chi connectivity index (χ1) is 9.02. The number of nitrogens with zero attached hydrogens (tertiary/aromatic N) is 1. The highest BCUT2D eigenvalue weighted by Crippen LogP contribution is 2.34. The molecule has 3 nitrogen and oxygen atoms in total. The second-order valence-corrected chi connectivity index (χ2v) is 8.90. The van der Waals surface area contributed by atoms with Crippen molar-refractivity contribution < 1.29 is 4.79 Å². The number of piperidine rings is 1. The van der Waals surface area contributed by atoms with Gasteiger partial charge < -0.3 is 10.2 Å². The lowest BCUT2D eigenvalue weighted by molar-refractivity contribution is -0.132. The zero-order chi connectivity index (χ0) is 13.5. The number of thioether (sulfide) groups is 1. The number of fused-ring (bicyclic) bond motifs is 2. The van der Waals surface area contributed by atoms with Gasteiger partial charge in [0.2, 0.25) is 5.91 Å². The molecule has 2 bridgehead atoms. The molecule has 0 radical (unpaired) electrons. The summed E-state index contributed by atoms with van der Waals surface area (Å²) in [7, 11) is 0. The van der Waals surface area contributed by atoms with Crippen LogP contribution in [-0.2, 0) is 4.79 Å². The topological polar surface area (TPSA) is 32.3 Å². The normalized spacial score (nSPS) is 37.4. The van der Waals surface area contributed by atoms with Crippen LogP contribution in [0.5, 0.6) is 0 Å². The molecule has 3 aliphatic heterocycles. The van der Waals surface area contributed by atoms with E-state index in [2.05, 4.69) is 24.1 Å². The van der Waals surface area contributed by atoms with E-state index >= 15 is 0 Å². The van der Waals surface area contributed by atoms with Crippen LogP contribution in [0.1, 0.15) is 46.0 Å². The third kappa shape index (κ3) is 3.27. The van der Waals surface area contributed by atoms with Gasteiger partial charge in [-0.3, -0.25) is 4.79 Å². The lowest BCUT2D eigenvalue weighted by Gasteiger charge is -2.38. The Kier molecular flexibility index (Phi) is 3.82. The molecule has 2 unspecified atom stereocenters. The predicted octanol–water partition coefficient (Wildman–Crippen LogP) is 2.26. The van der Waals surface area contributed by atoms with Crippen LogP contribution in [0.25, 0.3) is 0 Å². The molecular weight excluding hydrogens is 256 g/mol. The third-order valence-electron chi connectivity index (χ3n) is 4.81. The average Bonchev–Trinajstić information content (AvgIpc) is 2.67. The van der Waals surface area contributed by atoms with E-state index in [-0.39, 0.29) is 4.75 Å². The lowest BCUT2D eigenvalue weighted by atomic mass is 9.89. The van der Waals surface area contributed by atoms with Gasteiger partial charge in [-0.2, -0.15) is 11.8 Å². The zero-order valence-corrected chi connectivity index (χ0v) is 13.0. The van der Waals surface area contributed by atoms with E-state index in [1.165, 1.54) is 25.7 Å². The van der Waals surface area contributed by atoms with E-state index in [4.69, 9.17) is 0 Å². The minimum atomic E-state index is 0.237. The zero-order valence-electron chi connectivity index (χ0n) is 12.2. The third-order valence-corrected chi connectivity index (χ3v) is 6.11. The van der Waals surface area contributed by atoms with Crippen molar-refractivity contribution in [3.63, 3.8) is 0 Å². The summed E-state index contributed by atoms with van der Waals surface area (Å²) in [5, 5.41) is 3.66. The van der Waals surface area contributed by atoms with Crippen LogP contribution in [-0.4, -0.2) is 46.5 Å². The minimum Gasteiger partial charge on any atom is -0.340 e. The lowest BCUT2D eigenvalue weighted by Crippen LogP contribution is -2.47. The fraction of sp³-hybridized carbons (Fsp3) is 0.933. The Balaban J connectivity index is 1.53. The number of carbonyl (C=O) groups excluding carboxylic acids is 1. The van der Waals surface area contributed by atoms with E-state index in [1.54, 1.807) is 0 Å². The fourth-order valence-corrected chi connectivity index (χ4v) is 5.06. The summed E-state index contributed by atoms with van der Waals surface area (Å²) in [6, 6.07) is 1.40. The maximum Gasteiger partial charge on any atom is 0.222 e. The fourth-order valence-electron chi connectivity index (χ4n) is 3.95. The van der Waals surface area contributed by atoms with Crippen molar-refractivity contribution in [2.24, 2.45) is 5.92 Å². The van der Waals surface area contributed by atoms with Crippen LogP contribution in [0.4, 0.5) is 0 Å². The Morgan fingerprint density at radius 2 is 2.00 bits per heavy atom. The van der Waals surface area contributed by atoms with Gasteiger partial charge in [-0.1, -0.05) is 0 Å². The smallest absolute Gasteiger partial charge is 0.222 e. The first-order valence-electron chi connectivity index (χ1n) is 7.70. The standard InChI is InChI=1S/C15H26N2OS/c1-15(2)10-17(5-6-19-15)14(18)9-11-7-12-3-4-13(8-11)16-12/h11-13,16H,3-10H2,1-2H3. The van der Waals surface area contributed by atoms with Crippen molar-refractivity contribution in [2.75, 3.05) is 18.8 Å². The van der Waals surface area contributed by atoms with E-state index in [9.17, 15) is 4.79 Å². The number of carbonyl (C=O) groups is 1. The van der Waals surface area contributed by atoms with Gasteiger partial charge in [-0.25, -0.2) is 0 Å². The molecule has 1 N–H and O–H groups in total. The van der Waals surface area contributed by atoms with Gasteiger partial charge in [-0.05, 0) is 45.4 Å². The first-order valence-corrected chi connectivity index (χ1v) is 8.68. The maximum atomic E-state index is 12.5. The van der Waals surface area contributed by atoms with Crippen molar-refractivity contribution in [2.45, 2.75) is 62.8 Å². The summed E-state index contributed by atoms with van der Waals surface area (Å²) in [6.07, 6.45) is 5.86. The number of amides is 1. The minimum absolute atomic E-state index is 0.237. The van der Waals surface area contributed by atoms with Crippen molar-refractivity contribution in [1.82, 2.24) is 10.2 Å². The van der Waals surface area contributed by atoms with Gasteiger partial charge >= 0.3 is 0 Å². The molecule has 3 aliphatic rings. The van der Waals surface area contributed by atoms with Crippen LogP contribution < -0.4 is 5.32 Å². The van der Waals surface area contributed by atoms with Crippen molar-refractivity contribution in [3.05, 3.63) is 0 Å². The molecule has 0 aromatic heterocycles. The molecule has 3 fully saturated rings. The highest BCUT2D eigenvalue weighted by molar-refractivity contribution is 8.00. The number of hydrogen-bond donors (Lipinski definition) is 1. The van der Waals surface area contributed by atoms with E-state index in [1.807, 2.05) is 11.8 Å². The second kappa shape index (κ2) is 5.28. The molecule has 4 heteroatoms. The van der Waals surface area contributed by atoms with Gasteiger partial charge in [-0.15, -0.1) is 0 Å². The van der Waals surface area contributed by atoms with Crippen LogP contribution in [0.3, 0.4) is 0 Å². The summed E-state index contributed by atoms with van der Waals surface area (Å²) >= 11 is 1.99. The number of rotatable bonds is 2. The predicted molar refractivity (Wildman–Crippen MR) is 80.4 cm³/mol. The molecule has 0 aromatic rings. The van der Waals surface area contributed by atoms with Crippen molar-refractivity contribution >= 4 is 17.7 Å². The molecule has 2 atom stereocenters. The van der Waals surface area contributed by atoms with Crippen LogP contribution in [0, 0.1) is 5.92 Å². The molecule has 0 aliphatic carbocycles. The Morgan fingerprint density at radius 3 is 2.63 bits per heavy atom.